The lowest BCUT2D eigenvalue weighted by Gasteiger charge is -2.48. The highest BCUT2D eigenvalue weighted by molar-refractivity contribution is 5.85. The first-order valence-corrected chi connectivity index (χ1v) is 10.6. The van der Waals surface area contributed by atoms with Crippen LogP contribution in [0.15, 0.2) is 54.6 Å². The summed E-state index contributed by atoms with van der Waals surface area (Å²) in [5.74, 6) is -1.82. The first-order valence-electron chi connectivity index (χ1n) is 12.6. The molecule has 1 aliphatic heterocycles. The van der Waals surface area contributed by atoms with E-state index in [1.807, 2.05) is 13.0 Å². The molecule has 1 saturated heterocycles. The first-order chi connectivity index (χ1) is 16.4. The quantitative estimate of drug-likeness (QED) is 0.671. The number of piperidine rings is 1. The highest BCUT2D eigenvalue weighted by Crippen LogP contribution is 2.44. The predicted molar refractivity (Wildman–Crippen MR) is 124 cm³/mol. The van der Waals surface area contributed by atoms with Gasteiger partial charge in [0.2, 0.25) is 0 Å². The predicted octanol–water partition coefficient (Wildman–Crippen LogP) is 5.32. The summed E-state index contributed by atoms with van der Waals surface area (Å²) in [6.07, 6.45) is -4.42. The number of carboxylic acid groups (broad SMARTS) is 1. The lowest BCUT2D eigenvalue weighted by molar-refractivity contribution is -0.149. The van der Waals surface area contributed by atoms with Crippen molar-refractivity contribution in [3.8, 4) is 6.07 Å². The van der Waals surface area contributed by atoms with Crippen molar-refractivity contribution in [1.82, 2.24) is 4.90 Å². The van der Waals surface area contributed by atoms with Crippen LogP contribution in [-0.4, -0.2) is 35.1 Å². The van der Waals surface area contributed by atoms with Crippen molar-refractivity contribution in [2.24, 2.45) is 5.92 Å². The van der Waals surface area contributed by atoms with Crippen molar-refractivity contribution in [2.45, 2.75) is 55.8 Å². The molecule has 4 nitrogen and oxygen atoms in total. The Morgan fingerprint density at radius 2 is 1.75 bits per heavy atom. The fourth-order valence-electron chi connectivity index (χ4n) is 5.06. The van der Waals surface area contributed by atoms with Crippen LogP contribution in [0.5, 0.6) is 0 Å². The number of hydrogen-bond acceptors (Lipinski definition) is 3. The third-order valence-corrected chi connectivity index (χ3v) is 6.98. The van der Waals surface area contributed by atoms with E-state index in [0.717, 1.165) is 0 Å². The minimum Gasteiger partial charge on any atom is -0.481 e. The Kier molecular flexibility index (Phi) is 5.73. The third-order valence-electron chi connectivity index (χ3n) is 6.98. The van der Waals surface area contributed by atoms with Gasteiger partial charge in [0.15, 0.2) is 0 Å². The van der Waals surface area contributed by atoms with Crippen molar-refractivity contribution >= 4 is 18.4 Å². The van der Waals surface area contributed by atoms with E-state index in [2.05, 4.69) is 6.07 Å². The van der Waals surface area contributed by atoms with Gasteiger partial charge in [-0.15, -0.1) is 12.4 Å². The highest BCUT2D eigenvalue weighted by Gasteiger charge is 2.50. The zero-order valence-corrected chi connectivity index (χ0v) is 18.7. The summed E-state index contributed by atoms with van der Waals surface area (Å²) in [7, 11) is 0. The van der Waals surface area contributed by atoms with Crippen LogP contribution in [0, 0.1) is 23.1 Å². The molecule has 32 heavy (non-hydrogen) atoms. The Morgan fingerprint density at radius 1 is 1.12 bits per heavy atom. The summed E-state index contributed by atoms with van der Waals surface area (Å²) in [5.41, 5.74) is -1.49. The van der Waals surface area contributed by atoms with E-state index in [1.54, 1.807) is 29.2 Å². The minimum absolute atomic E-state index is 0. The molecule has 1 heterocycles. The number of likely N-dealkylation sites (tertiary alicyclic amines) is 1. The largest absolute Gasteiger partial charge is 0.481 e. The molecule has 4 rings (SSSR count). The molecule has 2 fully saturated rings. The van der Waals surface area contributed by atoms with Crippen LogP contribution >= 0.6 is 12.4 Å². The summed E-state index contributed by atoms with van der Waals surface area (Å²) < 4.78 is 49.0. The molecule has 2 atom stereocenters. The molecule has 170 valence electrons. The van der Waals surface area contributed by atoms with Gasteiger partial charge in [-0.1, -0.05) is 49.4 Å². The van der Waals surface area contributed by atoms with Crippen molar-refractivity contribution in [2.75, 3.05) is 13.1 Å². The van der Waals surface area contributed by atoms with Gasteiger partial charge < -0.3 is 10.0 Å². The zero-order chi connectivity index (χ0) is 25.6. The fraction of sp³-hybridized carbons (Fsp3) is 0.462. The monoisotopic (exact) mass is 460 g/mol. The Bertz CT molecular complexity index is 1120. The van der Waals surface area contributed by atoms with Crippen LogP contribution in [-0.2, 0) is 15.6 Å². The Hall–Kier alpha value is -2.42. The number of carbonyl (C=O) groups is 1. The summed E-state index contributed by atoms with van der Waals surface area (Å²) in [4.78, 5) is 14.2. The van der Waals surface area contributed by atoms with Crippen LogP contribution < -0.4 is 0 Å². The van der Waals surface area contributed by atoms with Crippen molar-refractivity contribution in [1.29, 1.82) is 5.26 Å². The fourth-order valence-corrected chi connectivity index (χ4v) is 5.06. The highest BCUT2D eigenvalue weighted by atomic mass is 35.5. The van der Waals surface area contributed by atoms with Crippen molar-refractivity contribution < 1.29 is 19.8 Å². The van der Waals surface area contributed by atoms with Crippen LogP contribution in [0.1, 0.15) is 55.5 Å². The molecule has 1 aliphatic carbocycles. The second-order valence-electron chi connectivity index (χ2n) is 8.65. The minimum atomic E-state index is -2.08. The van der Waals surface area contributed by atoms with E-state index in [4.69, 9.17) is 5.48 Å². The summed E-state index contributed by atoms with van der Waals surface area (Å²) in [6.45, 7) is 2.24. The van der Waals surface area contributed by atoms with E-state index in [1.165, 1.54) is 24.3 Å². The lowest BCUT2D eigenvalue weighted by Crippen LogP contribution is -2.56. The molecule has 2 aromatic carbocycles. The van der Waals surface area contributed by atoms with Gasteiger partial charge in [0.1, 0.15) is 5.82 Å². The first kappa shape index (κ1) is 19.1. The molecule has 0 bridgehead atoms. The number of rotatable bonds is 4. The molecular weight excluding hydrogens is 427 g/mol. The third kappa shape index (κ3) is 4.14. The van der Waals surface area contributed by atoms with E-state index in [9.17, 15) is 19.6 Å². The molecule has 1 N–H and O–H groups in total. The van der Waals surface area contributed by atoms with Gasteiger partial charge in [-0.05, 0) is 67.7 Å². The van der Waals surface area contributed by atoms with E-state index in [-0.39, 0.29) is 44.8 Å². The Labute approximate surface area is 201 Å². The molecule has 0 amide bonds. The van der Waals surface area contributed by atoms with Gasteiger partial charge in [-0.25, -0.2) is 4.39 Å². The van der Waals surface area contributed by atoms with Gasteiger partial charge in [0.05, 0.1) is 16.9 Å². The number of carboxylic acids is 1. The van der Waals surface area contributed by atoms with Crippen molar-refractivity contribution in [3.05, 3.63) is 71.5 Å². The molecule has 0 radical (unpaired) electrons. The van der Waals surface area contributed by atoms with Gasteiger partial charge in [0.25, 0.3) is 0 Å². The number of nitriles is 1. The molecule has 0 unspecified atom stereocenters. The Morgan fingerprint density at radius 3 is 2.28 bits per heavy atom. The van der Waals surface area contributed by atoms with Gasteiger partial charge >= 0.3 is 5.97 Å². The molecule has 2 aromatic rings. The Balaban J connectivity index is 0.00000361. The average molecular weight is 461 g/mol. The lowest BCUT2D eigenvalue weighted by atomic mass is 9.65. The smallest absolute Gasteiger partial charge is 0.314 e. The molecule has 2 aliphatic rings. The molecule has 6 heteroatoms. The number of halogens is 2. The topological polar surface area (TPSA) is 64.3 Å². The molecule has 0 spiro atoms. The average Bonchev–Trinajstić information content (AvgIpc) is 2.78. The number of hydrogen-bond donors (Lipinski definition) is 1. The summed E-state index contributed by atoms with van der Waals surface area (Å²) in [6, 6.07) is 15.3. The second-order valence-corrected chi connectivity index (χ2v) is 8.65. The second kappa shape index (κ2) is 9.60. The maximum atomic E-state index is 13.5. The standard InChI is InChI=1S/C26H29FN2O2.ClH/c1-19-17-29(16-15-26(19,24(30)31)21-5-3-2-4-6-21)23-11-13-25(18-28,14-12-23)20-7-9-22(27)10-8-20;/h2-10,19,23H,11-17H2,1H3,(H,30,31);1H/t19-,23?,25?,26-;/m1./s1/i11D2,12D2;. The maximum Gasteiger partial charge on any atom is 0.314 e. The van der Waals surface area contributed by atoms with Crippen LogP contribution in [0.25, 0.3) is 0 Å². The summed E-state index contributed by atoms with van der Waals surface area (Å²) in [5, 5.41) is 20.3. The van der Waals surface area contributed by atoms with Gasteiger partial charge in [-0.2, -0.15) is 5.26 Å². The summed E-state index contributed by atoms with van der Waals surface area (Å²) >= 11 is 0. The van der Waals surface area contributed by atoms with Crippen LogP contribution in [0.3, 0.4) is 0 Å². The van der Waals surface area contributed by atoms with E-state index >= 15 is 0 Å². The normalized spacial score (nSPS) is 35.7. The van der Waals surface area contributed by atoms with Gasteiger partial charge in [-0.3, -0.25) is 4.79 Å². The zero-order valence-electron chi connectivity index (χ0n) is 21.9. The van der Waals surface area contributed by atoms with E-state index < -0.39 is 47.3 Å². The van der Waals surface area contributed by atoms with Crippen molar-refractivity contribution in [3.63, 3.8) is 0 Å². The number of aliphatic carboxylic acids is 1. The molecule has 0 aromatic heterocycles. The maximum absolute atomic E-state index is 13.5. The number of nitrogens with zero attached hydrogens (tertiary/aromatic N) is 2. The van der Waals surface area contributed by atoms with E-state index in [0.29, 0.717) is 11.1 Å². The SMILES string of the molecule is Cl.[2H]C1([2H])CC(C#N)(c2ccc(F)cc2)CC([2H])([2H])C1N1CC[C@](C(=O)O)(c2ccccc2)[C@H](C)C1. The van der Waals surface area contributed by atoms with Crippen LogP contribution in [0.2, 0.25) is 0 Å². The number of benzene rings is 2. The molecule has 1 saturated carbocycles. The van der Waals surface area contributed by atoms with Gasteiger partial charge in [0, 0.05) is 18.1 Å². The molecular formula is C26H30ClFN2O2. The van der Waals surface area contributed by atoms with Crippen LogP contribution in [0.4, 0.5) is 4.39 Å².